The first-order valence-electron chi connectivity index (χ1n) is 4.49. The number of hydrogen-bond donors (Lipinski definition) is 2. The van der Waals surface area contributed by atoms with Gasteiger partial charge in [0, 0.05) is 4.88 Å². The molecule has 0 saturated carbocycles. The van der Waals surface area contributed by atoms with Crippen LogP contribution in [0.3, 0.4) is 0 Å². The van der Waals surface area contributed by atoms with Gasteiger partial charge in [0.15, 0.2) is 5.78 Å². The Morgan fingerprint density at radius 2 is 2.07 bits per heavy atom. The Bertz CT molecular complexity index is 349. The van der Waals surface area contributed by atoms with E-state index in [1.165, 1.54) is 11.3 Å². The van der Waals surface area contributed by atoms with E-state index in [1.807, 2.05) is 6.07 Å². The summed E-state index contributed by atoms with van der Waals surface area (Å²) in [6, 6.07) is 1.87. The van der Waals surface area contributed by atoms with Gasteiger partial charge in [-0.25, -0.2) is 0 Å². The van der Waals surface area contributed by atoms with Crippen molar-refractivity contribution in [2.75, 3.05) is 12.3 Å². The molecule has 4 N–H and O–H groups in total. The van der Waals surface area contributed by atoms with Crippen molar-refractivity contribution in [3.05, 3.63) is 15.8 Å². The lowest BCUT2D eigenvalue weighted by atomic mass is 9.94. The van der Waals surface area contributed by atoms with Gasteiger partial charge in [0.2, 0.25) is 0 Å². The molecule has 0 bridgehead atoms. The molecule has 1 aromatic rings. The summed E-state index contributed by atoms with van der Waals surface area (Å²) < 4.78 is 0. The first-order valence-corrected chi connectivity index (χ1v) is 5.31. The number of hydrogen-bond acceptors (Lipinski definition) is 4. The van der Waals surface area contributed by atoms with Crippen molar-refractivity contribution in [2.45, 2.75) is 26.2 Å². The van der Waals surface area contributed by atoms with Crippen LogP contribution in [-0.4, -0.2) is 12.3 Å². The quantitative estimate of drug-likeness (QED) is 0.734. The van der Waals surface area contributed by atoms with Gasteiger partial charge in [0.25, 0.3) is 0 Å². The molecule has 1 rings (SSSR count). The third-order valence-electron chi connectivity index (χ3n) is 1.94. The molecule has 1 aromatic heterocycles. The predicted octanol–water partition coefficient (Wildman–Crippen LogP) is 1.77. The largest absolute Gasteiger partial charge is 0.397 e. The summed E-state index contributed by atoms with van der Waals surface area (Å²) in [7, 11) is 0. The normalized spacial score (nSPS) is 11.7. The molecule has 78 valence electrons. The topological polar surface area (TPSA) is 69.1 Å². The number of rotatable bonds is 2. The van der Waals surface area contributed by atoms with E-state index in [0.717, 1.165) is 4.88 Å². The molecule has 0 unspecified atom stereocenters. The molecule has 0 aromatic carbocycles. The average Bonchev–Trinajstić information content (AvgIpc) is 2.45. The van der Waals surface area contributed by atoms with Crippen LogP contribution in [-0.2, 0) is 5.41 Å². The molecule has 14 heavy (non-hydrogen) atoms. The van der Waals surface area contributed by atoms with Crippen LogP contribution in [0.2, 0.25) is 0 Å². The lowest BCUT2D eigenvalue weighted by Gasteiger charge is -2.14. The van der Waals surface area contributed by atoms with Crippen molar-refractivity contribution >= 4 is 22.8 Å². The van der Waals surface area contributed by atoms with E-state index in [4.69, 9.17) is 11.5 Å². The first kappa shape index (κ1) is 11.2. The molecule has 0 aliphatic heterocycles. The van der Waals surface area contributed by atoms with E-state index < -0.39 is 0 Å². The molecule has 3 nitrogen and oxygen atoms in total. The van der Waals surface area contributed by atoms with Crippen LogP contribution in [0.15, 0.2) is 6.07 Å². The Kier molecular flexibility index (Phi) is 2.97. The van der Waals surface area contributed by atoms with E-state index in [-0.39, 0.29) is 17.7 Å². The van der Waals surface area contributed by atoms with E-state index >= 15 is 0 Å². The fourth-order valence-corrected chi connectivity index (χ4v) is 2.17. The van der Waals surface area contributed by atoms with Crippen molar-refractivity contribution < 1.29 is 4.79 Å². The zero-order valence-electron chi connectivity index (χ0n) is 8.76. The number of ketones is 1. The van der Waals surface area contributed by atoms with Crippen LogP contribution in [0.1, 0.15) is 35.3 Å². The van der Waals surface area contributed by atoms with Crippen molar-refractivity contribution in [1.82, 2.24) is 0 Å². The lowest BCUT2D eigenvalue weighted by Crippen LogP contribution is -2.13. The van der Waals surface area contributed by atoms with E-state index in [0.29, 0.717) is 10.6 Å². The molecule has 1 heterocycles. The van der Waals surface area contributed by atoms with Crippen LogP contribution in [0, 0.1) is 0 Å². The number of carbonyl (C=O) groups is 1. The molecule has 0 amide bonds. The number of nitrogen functional groups attached to an aromatic ring is 1. The molecule has 0 radical (unpaired) electrons. The van der Waals surface area contributed by atoms with Crippen molar-refractivity contribution in [3.63, 3.8) is 0 Å². The van der Waals surface area contributed by atoms with Crippen LogP contribution < -0.4 is 11.5 Å². The Balaban J connectivity index is 3.12. The second-order valence-electron chi connectivity index (χ2n) is 4.27. The highest BCUT2D eigenvalue weighted by atomic mass is 32.1. The summed E-state index contributed by atoms with van der Waals surface area (Å²) in [6.07, 6.45) is 0. The number of Topliss-reactive ketones (excluding diaryl/α,β-unsaturated/α-hetero) is 1. The third kappa shape index (κ3) is 2.13. The Labute approximate surface area is 88.1 Å². The fourth-order valence-electron chi connectivity index (χ4n) is 1.09. The maximum Gasteiger partial charge on any atom is 0.188 e. The molecule has 0 saturated heterocycles. The SMILES string of the molecule is CC(C)(C)c1cc(N)c(C(=O)CN)s1. The summed E-state index contributed by atoms with van der Waals surface area (Å²) in [5.74, 6) is -0.0806. The average molecular weight is 212 g/mol. The highest BCUT2D eigenvalue weighted by Gasteiger charge is 2.20. The zero-order chi connectivity index (χ0) is 10.9. The molecule has 0 aliphatic rings. The van der Waals surface area contributed by atoms with E-state index in [2.05, 4.69) is 20.8 Å². The number of carbonyl (C=O) groups excluding carboxylic acids is 1. The lowest BCUT2D eigenvalue weighted by molar-refractivity contribution is 0.101. The molecule has 0 spiro atoms. The number of anilines is 1. The van der Waals surface area contributed by atoms with Gasteiger partial charge in [-0.2, -0.15) is 0 Å². The van der Waals surface area contributed by atoms with Gasteiger partial charge in [0.05, 0.1) is 17.1 Å². The first-order chi connectivity index (χ1) is 6.36. The van der Waals surface area contributed by atoms with Crippen LogP contribution in [0.5, 0.6) is 0 Å². The highest BCUT2D eigenvalue weighted by Crippen LogP contribution is 2.33. The maximum absolute atomic E-state index is 11.4. The summed E-state index contributed by atoms with van der Waals surface area (Å²) >= 11 is 1.44. The van der Waals surface area contributed by atoms with Gasteiger partial charge in [-0.3, -0.25) is 4.79 Å². The Morgan fingerprint density at radius 1 is 1.50 bits per heavy atom. The van der Waals surface area contributed by atoms with Gasteiger partial charge in [-0.15, -0.1) is 11.3 Å². The van der Waals surface area contributed by atoms with Gasteiger partial charge in [0.1, 0.15) is 0 Å². The van der Waals surface area contributed by atoms with Crippen LogP contribution in [0.4, 0.5) is 5.69 Å². The summed E-state index contributed by atoms with van der Waals surface area (Å²) in [5, 5.41) is 0. The maximum atomic E-state index is 11.4. The van der Waals surface area contributed by atoms with E-state index in [9.17, 15) is 4.79 Å². The second kappa shape index (κ2) is 3.71. The molecule has 4 heteroatoms. The molecule has 0 atom stereocenters. The minimum atomic E-state index is -0.0806. The highest BCUT2D eigenvalue weighted by molar-refractivity contribution is 7.14. The Hall–Kier alpha value is -0.870. The predicted molar refractivity (Wildman–Crippen MR) is 60.8 cm³/mol. The van der Waals surface area contributed by atoms with Crippen molar-refractivity contribution in [1.29, 1.82) is 0 Å². The van der Waals surface area contributed by atoms with Crippen LogP contribution in [0.25, 0.3) is 0 Å². The Morgan fingerprint density at radius 3 is 2.43 bits per heavy atom. The van der Waals surface area contributed by atoms with Gasteiger partial charge in [-0.05, 0) is 11.5 Å². The minimum Gasteiger partial charge on any atom is -0.397 e. The van der Waals surface area contributed by atoms with Crippen molar-refractivity contribution in [2.24, 2.45) is 5.73 Å². The monoisotopic (exact) mass is 212 g/mol. The zero-order valence-corrected chi connectivity index (χ0v) is 9.57. The fraction of sp³-hybridized carbons (Fsp3) is 0.500. The second-order valence-corrected chi connectivity index (χ2v) is 5.32. The third-order valence-corrected chi connectivity index (χ3v) is 3.56. The van der Waals surface area contributed by atoms with Gasteiger partial charge >= 0.3 is 0 Å². The number of thiophene rings is 1. The molecule has 0 fully saturated rings. The minimum absolute atomic E-state index is 0.0221. The van der Waals surface area contributed by atoms with Gasteiger partial charge < -0.3 is 11.5 Å². The summed E-state index contributed by atoms with van der Waals surface area (Å²) in [4.78, 5) is 13.1. The number of nitrogens with two attached hydrogens (primary N) is 2. The summed E-state index contributed by atoms with van der Waals surface area (Å²) in [6.45, 7) is 6.30. The van der Waals surface area contributed by atoms with Crippen LogP contribution >= 0.6 is 11.3 Å². The van der Waals surface area contributed by atoms with Crippen molar-refractivity contribution in [3.8, 4) is 0 Å². The van der Waals surface area contributed by atoms with E-state index in [1.54, 1.807) is 0 Å². The summed E-state index contributed by atoms with van der Waals surface area (Å²) in [5.41, 5.74) is 11.6. The standard InChI is InChI=1S/C10H16N2OS/c1-10(2,3)8-4-6(12)9(14-8)7(13)5-11/h4H,5,11-12H2,1-3H3. The molecule has 0 aliphatic carbocycles. The smallest absolute Gasteiger partial charge is 0.188 e. The molecular weight excluding hydrogens is 196 g/mol. The molecular formula is C10H16N2OS. The van der Waals surface area contributed by atoms with Gasteiger partial charge in [-0.1, -0.05) is 20.8 Å².